The molecule has 0 unspecified atom stereocenters. The number of ketones is 1. The van der Waals surface area contributed by atoms with Crippen LogP contribution in [0, 0.1) is 0 Å². The third-order valence-electron chi connectivity index (χ3n) is 4.80. The summed E-state index contributed by atoms with van der Waals surface area (Å²) in [6.45, 7) is 4.59. The van der Waals surface area contributed by atoms with Crippen molar-refractivity contribution in [2.24, 2.45) is 0 Å². The lowest BCUT2D eigenvalue weighted by Gasteiger charge is -2.42. The van der Waals surface area contributed by atoms with E-state index < -0.39 is 35.8 Å². The Labute approximate surface area is 170 Å². The molecule has 9 heteroatoms. The number of halogens is 3. The van der Waals surface area contributed by atoms with Gasteiger partial charge in [-0.15, -0.1) is 13.2 Å². The number of carbonyl (C=O) groups is 2. The summed E-state index contributed by atoms with van der Waals surface area (Å²) in [5.41, 5.74) is -0.776. The number of aliphatic hydroxyl groups excluding tert-OH is 1. The van der Waals surface area contributed by atoms with Gasteiger partial charge in [0.15, 0.2) is 5.78 Å². The average Bonchev–Trinajstić information content (AvgIpc) is 2.63. The van der Waals surface area contributed by atoms with Gasteiger partial charge in [0.25, 0.3) is 5.91 Å². The minimum Gasteiger partial charge on any atom is -0.485 e. The largest absolute Gasteiger partial charge is 0.573 e. The molecular formula is C21H20F3NO5. The number of nitrogens with one attached hydrogen (secondary N) is 1. The number of hydrogen-bond acceptors (Lipinski definition) is 5. The van der Waals surface area contributed by atoms with Crippen LogP contribution in [0.25, 0.3) is 0 Å². The molecule has 1 aliphatic heterocycles. The summed E-state index contributed by atoms with van der Waals surface area (Å²) >= 11 is 0. The van der Waals surface area contributed by atoms with E-state index in [1.165, 1.54) is 31.2 Å². The highest BCUT2D eigenvalue weighted by molar-refractivity contribution is 5.97. The Hall–Kier alpha value is -3.07. The molecule has 0 fully saturated rings. The van der Waals surface area contributed by atoms with Crippen molar-refractivity contribution in [2.75, 3.05) is 0 Å². The van der Waals surface area contributed by atoms with Crippen molar-refractivity contribution in [2.45, 2.75) is 44.9 Å². The van der Waals surface area contributed by atoms with E-state index in [0.29, 0.717) is 16.9 Å². The quantitative estimate of drug-likeness (QED) is 0.731. The Morgan fingerprint density at radius 3 is 2.47 bits per heavy atom. The van der Waals surface area contributed by atoms with Gasteiger partial charge in [0.1, 0.15) is 23.2 Å². The van der Waals surface area contributed by atoms with E-state index in [1.807, 2.05) is 0 Å². The molecule has 0 aromatic heterocycles. The fraction of sp³-hybridized carbons (Fsp3) is 0.333. The van der Waals surface area contributed by atoms with E-state index in [1.54, 1.807) is 26.0 Å². The maximum atomic E-state index is 12.8. The number of para-hydroxylation sites is 1. The van der Waals surface area contributed by atoms with Gasteiger partial charge in [0.05, 0.1) is 11.6 Å². The van der Waals surface area contributed by atoms with Crippen molar-refractivity contribution in [1.29, 1.82) is 0 Å². The van der Waals surface area contributed by atoms with Gasteiger partial charge in [-0.1, -0.05) is 12.1 Å². The second-order valence-electron chi connectivity index (χ2n) is 7.45. The molecule has 30 heavy (non-hydrogen) atoms. The number of carbonyl (C=O) groups excluding carboxylic acids is 2. The molecule has 2 aromatic rings. The molecule has 1 aliphatic rings. The average molecular weight is 423 g/mol. The molecule has 1 heterocycles. The highest BCUT2D eigenvalue weighted by Crippen LogP contribution is 2.40. The number of benzene rings is 2. The van der Waals surface area contributed by atoms with Crippen molar-refractivity contribution < 1.29 is 37.3 Å². The normalized spacial score (nSPS) is 20.0. The molecule has 2 aromatic carbocycles. The summed E-state index contributed by atoms with van der Waals surface area (Å²) in [5, 5.41) is 13.4. The maximum absolute atomic E-state index is 12.8. The standard InChI is InChI=1S/C21H20F3NO5/c1-11(26)12-8-9-16-14(10-12)17(18(27)20(2,3)29-16)25-19(28)13-6-4-5-7-15(13)30-21(22,23)24/h4-10,17-18,27H,1-3H3,(H,25,28)/t17-,18+/m1/s1. The van der Waals surface area contributed by atoms with Crippen molar-refractivity contribution in [3.05, 3.63) is 59.2 Å². The first kappa shape index (κ1) is 21.6. The number of alkyl halides is 3. The molecule has 0 radical (unpaired) electrons. The van der Waals surface area contributed by atoms with Gasteiger partial charge in [-0.3, -0.25) is 9.59 Å². The van der Waals surface area contributed by atoms with Crippen LogP contribution in [0.3, 0.4) is 0 Å². The second-order valence-corrected chi connectivity index (χ2v) is 7.45. The zero-order valence-corrected chi connectivity index (χ0v) is 16.4. The summed E-state index contributed by atoms with van der Waals surface area (Å²) in [7, 11) is 0. The summed E-state index contributed by atoms with van der Waals surface area (Å²) in [5.74, 6) is -1.43. The first-order chi connectivity index (χ1) is 13.9. The second kappa shape index (κ2) is 7.64. The van der Waals surface area contributed by atoms with Crippen LogP contribution in [0.1, 0.15) is 53.1 Å². The van der Waals surface area contributed by atoms with E-state index >= 15 is 0 Å². The van der Waals surface area contributed by atoms with Gasteiger partial charge < -0.3 is 19.9 Å². The Morgan fingerprint density at radius 2 is 1.83 bits per heavy atom. The number of fused-ring (bicyclic) bond motifs is 1. The Balaban J connectivity index is 1.99. The molecule has 1 amide bonds. The maximum Gasteiger partial charge on any atom is 0.573 e. The summed E-state index contributed by atoms with van der Waals surface area (Å²) in [6, 6.07) is 8.46. The zero-order valence-electron chi connectivity index (χ0n) is 16.4. The Kier molecular flexibility index (Phi) is 5.51. The Bertz CT molecular complexity index is 987. The van der Waals surface area contributed by atoms with Crippen LogP contribution < -0.4 is 14.8 Å². The van der Waals surface area contributed by atoms with Crippen LogP contribution in [0.2, 0.25) is 0 Å². The number of aliphatic hydroxyl groups is 1. The van der Waals surface area contributed by atoms with E-state index in [0.717, 1.165) is 6.07 Å². The van der Waals surface area contributed by atoms with Crippen LogP contribution in [0.5, 0.6) is 11.5 Å². The smallest absolute Gasteiger partial charge is 0.485 e. The minimum atomic E-state index is -4.97. The van der Waals surface area contributed by atoms with Gasteiger partial charge >= 0.3 is 6.36 Å². The fourth-order valence-corrected chi connectivity index (χ4v) is 3.26. The molecule has 160 valence electrons. The number of ether oxygens (including phenoxy) is 2. The molecule has 2 atom stereocenters. The monoisotopic (exact) mass is 423 g/mol. The van der Waals surface area contributed by atoms with Gasteiger partial charge in [-0.05, 0) is 51.1 Å². The molecule has 0 spiro atoms. The first-order valence-electron chi connectivity index (χ1n) is 9.06. The predicted octanol–water partition coefficient (Wildman–Crippen LogP) is 3.79. The van der Waals surface area contributed by atoms with E-state index in [4.69, 9.17) is 4.74 Å². The van der Waals surface area contributed by atoms with Crippen molar-refractivity contribution in [3.8, 4) is 11.5 Å². The van der Waals surface area contributed by atoms with E-state index in [2.05, 4.69) is 10.1 Å². The van der Waals surface area contributed by atoms with Gasteiger partial charge in [-0.2, -0.15) is 0 Å². The van der Waals surface area contributed by atoms with Gasteiger partial charge in [0.2, 0.25) is 0 Å². The number of amides is 1. The van der Waals surface area contributed by atoms with Crippen molar-refractivity contribution in [1.82, 2.24) is 5.32 Å². The van der Waals surface area contributed by atoms with Crippen LogP contribution in [0.15, 0.2) is 42.5 Å². The molecule has 0 bridgehead atoms. The summed E-state index contributed by atoms with van der Waals surface area (Å²) < 4.78 is 47.8. The first-order valence-corrected chi connectivity index (χ1v) is 9.06. The molecule has 6 nitrogen and oxygen atoms in total. The zero-order chi connectivity index (χ0) is 22.3. The molecule has 3 rings (SSSR count). The van der Waals surface area contributed by atoms with E-state index in [9.17, 15) is 27.9 Å². The third-order valence-corrected chi connectivity index (χ3v) is 4.80. The topological polar surface area (TPSA) is 84.9 Å². The lowest BCUT2D eigenvalue weighted by Crippen LogP contribution is -2.53. The highest BCUT2D eigenvalue weighted by atomic mass is 19.4. The molecule has 0 saturated carbocycles. The lowest BCUT2D eigenvalue weighted by molar-refractivity contribution is -0.274. The molecule has 2 N–H and O–H groups in total. The van der Waals surface area contributed by atoms with Crippen molar-refractivity contribution >= 4 is 11.7 Å². The summed E-state index contributed by atoms with van der Waals surface area (Å²) in [4.78, 5) is 24.6. The third kappa shape index (κ3) is 4.40. The number of Topliss-reactive ketones (excluding diaryl/α,β-unsaturated/α-hetero) is 1. The lowest BCUT2D eigenvalue weighted by atomic mass is 9.85. The minimum absolute atomic E-state index is 0.230. The van der Waals surface area contributed by atoms with Crippen LogP contribution in [0.4, 0.5) is 13.2 Å². The molecule has 0 saturated heterocycles. The fourth-order valence-electron chi connectivity index (χ4n) is 3.26. The highest BCUT2D eigenvalue weighted by Gasteiger charge is 2.44. The summed E-state index contributed by atoms with van der Waals surface area (Å²) in [6.07, 6.45) is -6.22. The van der Waals surface area contributed by atoms with Crippen molar-refractivity contribution in [3.63, 3.8) is 0 Å². The molecule has 0 aliphatic carbocycles. The Morgan fingerprint density at radius 1 is 1.17 bits per heavy atom. The van der Waals surface area contributed by atoms with Crippen LogP contribution in [-0.2, 0) is 0 Å². The van der Waals surface area contributed by atoms with Gasteiger partial charge in [-0.25, -0.2) is 0 Å². The number of hydrogen-bond donors (Lipinski definition) is 2. The number of rotatable bonds is 4. The predicted molar refractivity (Wildman–Crippen MR) is 100 cm³/mol. The van der Waals surface area contributed by atoms with Gasteiger partial charge in [0, 0.05) is 11.1 Å². The van der Waals surface area contributed by atoms with Crippen LogP contribution in [-0.4, -0.2) is 34.9 Å². The van der Waals surface area contributed by atoms with E-state index in [-0.39, 0.29) is 11.3 Å². The SMILES string of the molecule is CC(=O)c1ccc2c(c1)[C@@H](NC(=O)c1ccccc1OC(F)(F)F)[C@H](O)C(C)(C)O2. The molecular weight excluding hydrogens is 403 g/mol. The van der Waals surface area contributed by atoms with Crippen LogP contribution >= 0.6 is 0 Å².